The summed E-state index contributed by atoms with van der Waals surface area (Å²) in [6.07, 6.45) is 1.74. The standard InChI is InChI=1S/C14H19FN2O/c1-10-9-11(7-8-16-10)14(18)17(2)13-5-3-12(15)4-6-13/h3-6,10-11,16H,7-9H2,1-2H3. The van der Waals surface area contributed by atoms with Crippen molar-refractivity contribution in [1.82, 2.24) is 5.32 Å². The third-order valence-electron chi connectivity index (χ3n) is 3.52. The van der Waals surface area contributed by atoms with Crippen molar-refractivity contribution >= 4 is 11.6 Å². The van der Waals surface area contributed by atoms with Crippen LogP contribution in [0.4, 0.5) is 10.1 Å². The van der Waals surface area contributed by atoms with Crippen LogP contribution in [0.5, 0.6) is 0 Å². The van der Waals surface area contributed by atoms with Gasteiger partial charge in [-0.1, -0.05) is 0 Å². The molecular weight excluding hydrogens is 231 g/mol. The fraction of sp³-hybridized carbons (Fsp3) is 0.500. The average molecular weight is 250 g/mol. The van der Waals surface area contributed by atoms with Gasteiger partial charge in [0, 0.05) is 24.7 Å². The Morgan fingerprint density at radius 1 is 1.39 bits per heavy atom. The lowest BCUT2D eigenvalue weighted by molar-refractivity contribution is -0.123. The van der Waals surface area contributed by atoms with Gasteiger partial charge in [0.05, 0.1) is 0 Å². The number of carbonyl (C=O) groups is 1. The third kappa shape index (κ3) is 2.88. The maximum atomic E-state index is 12.8. The van der Waals surface area contributed by atoms with Crippen LogP contribution < -0.4 is 10.2 Å². The van der Waals surface area contributed by atoms with E-state index in [2.05, 4.69) is 12.2 Å². The molecule has 1 fully saturated rings. The van der Waals surface area contributed by atoms with Gasteiger partial charge in [0.1, 0.15) is 5.82 Å². The zero-order valence-corrected chi connectivity index (χ0v) is 10.8. The Kier molecular flexibility index (Phi) is 3.97. The minimum atomic E-state index is -0.282. The average Bonchev–Trinajstić information content (AvgIpc) is 2.38. The van der Waals surface area contributed by atoms with Crippen LogP contribution in [0.15, 0.2) is 24.3 Å². The summed E-state index contributed by atoms with van der Waals surface area (Å²) in [6.45, 7) is 2.98. The Hall–Kier alpha value is -1.42. The number of rotatable bonds is 2. The molecule has 2 unspecified atom stereocenters. The van der Waals surface area contributed by atoms with Gasteiger partial charge in [-0.2, -0.15) is 0 Å². The summed E-state index contributed by atoms with van der Waals surface area (Å²) < 4.78 is 12.8. The van der Waals surface area contributed by atoms with Gasteiger partial charge in [-0.3, -0.25) is 4.79 Å². The molecule has 0 aromatic heterocycles. The van der Waals surface area contributed by atoms with Gasteiger partial charge >= 0.3 is 0 Å². The van der Waals surface area contributed by atoms with Crippen molar-refractivity contribution in [1.29, 1.82) is 0 Å². The minimum absolute atomic E-state index is 0.0660. The molecule has 0 bridgehead atoms. The number of nitrogens with one attached hydrogen (secondary N) is 1. The van der Waals surface area contributed by atoms with Crippen molar-refractivity contribution in [3.8, 4) is 0 Å². The van der Waals surface area contributed by atoms with Crippen LogP contribution in [-0.4, -0.2) is 25.5 Å². The Balaban J connectivity index is 2.06. The molecule has 3 nitrogen and oxygen atoms in total. The molecule has 1 heterocycles. The molecule has 1 aromatic carbocycles. The Morgan fingerprint density at radius 3 is 2.67 bits per heavy atom. The molecule has 98 valence electrons. The van der Waals surface area contributed by atoms with Crippen molar-refractivity contribution in [2.75, 3.05) is 18.5 Å². The van der Waals surface area contributed by atoms with E-state index in [4.69, 9.17) is 0 Å². The van der Waals surface area contributed by atoms with Gasteiger partial charge in [0.15, 0.2) is 0 Å². The molecule has 0 radical (unpaired) electrons. The van der Waals surface area contributed by atoms with Gasteiger partial charge in [-0.15, -0.1) is 0 Å². The predicted octanol–water partition coefficient (Wildman–Crippen LogP) is 2.18. The smallest absolute Gasteiger partial charge is 0.229 e. The van der Waals surface area contributed by atoms with Crippen molar-refractivity contribution < 1.29 is 9.18 Å². The summed E-state index contributed by atoms with van der Waals surface area (Å²) in [4.78, 5) is 14.0. The molecule has 1 aliphatic rings. The lowest BCUT2D eigenvalue weighted by Crippen LogP contribution is -2.43. The van der Waals surface area contributed by atoms with Crippen LogP contribution in [0.1, 0.15) is 19.8 Å². The molecule has 1 amide bonds. The quantitative estimate of drug-likeness (QED) is 0.872. The van der Waals surface area contributed by atoms with Gasteiger partial charge in [-0.25, -0.2) is 4.39 Å². The van der Waals surface area contributed by atoms with Gasteiger partial charge < -0.3 is 10.2 Å². The largest absolute Gasteiger partial charge is 0.315 e. The van der Waals surface area contributed by atoms with E-state index in [0.717, 1.165) is 25.1 Å². The van der Waals surface area contributed by atoms with Crippen molar-refractivity contribution in [3.63, 3.8) is 0 Å². The van der Waals surface area contributed by atoms with Crippen molar-refractivity contribution in [2.24, 2.45) is 5.92 Å². The maximum Gasteiger partial charge on any atom is 0.229 e. The lowest BCUT2D eigenvalue weighted by Gasteiger charge is -2.30. The number of nitrogens with zero attached hydrogens (tertiary/aromatic N) is 1. The van der Waals surface area contributed by atoms with Crippen LogP contribution in [0.2, 0.25) is 0 Å². The van der Waals surface area contributed by atoms with Crippen LogP contribution in [0, 0.1) is 11.7 Å². The van der Waals surface area contributed by atoms with Crippen LogP contribution in [0.25, 0.3) is 0 Å². The number of carbonyl (C=O) groups excluding carboxylic acids is 1. The van der Waals surface area contributed by atoms with E-state index in [1.165, 1.54) is 12.1 Å². The number of hydrogen-bond donors (Lipinski definition) is 1. The topological polar surface area (TPSA) is 32.3 Å². The second-order valence-corrected chi connectivity index (χ2v) is 4.95. The number of hydrogen-bond acceptors (Lipinski definition) is 2. The highest BCUT2D eigenvalue weighted by molar-refractivity contribution is 5.94. The molecule has 0 aliphatic carbocycles. The maximum absolute atomic E-state index is 12.8. The normalized spacial score (nSPS) is 23.7. The molecule has 18 heavy (non-hydrogen) atoms. The molecule has 0 saturated carbocycles. The van der Waals surface area contributed by atoms with Gasteiger partial charge in [0.25, 0.3) is 0 Å². The highest BCUT2D eigenvalue weighted by atomic mass is 19.1. The first-order chi connectivity index (χ1) is 8.58. The Bertz CT molecular complexity index is 418. The molecule has 2 rings (SSSR count). The highest BCUT2D eigenvalue weighted by Crippen LogP contribution is 2.22. The van der Waals surface area contributed by atoms with E-state index in [1.54, 1.807) is 24.1 Å². The van der Waals surface area contributed by atoms with E-state index in [0.29, 0.717) is 6.04 Å². The zero-order chi connectivity index (χ0) is 13.1. The second-order valence-electron chi connectivity index (χ2n) is 4.95. The lowest BCUT2D eigenvalue weighted by atomic mass is 9.92. The van der Waals surface area contributed by atoms with Gasteiger partial charge in [0.2, 0.25) is 5.91 Å². The highest BCUT2D eigenvalue weighted by Gasteiger charge is 2.27. The Morgan fingerprint density at radius 2 is 2.06 bits per heavy atom. The summed E-state index contributed by atoms with van der Waals surface area (Å²) in [7, 11) is 1.75. The number of halogens is 1. The molecule has 0 spiro atoms. The van der Waals surface area contributed by atoms with Crippen molar-refractivity contribution in [3.05, 3.63) is 30.1 Å². The van der Waals surface area contributed by atoms with E-state index in [9.17, 15) is 9.18 Å². The first-order valence-corrected chi connectivity index (χ1v) is 6.34. The minimum Gasteiger partial charge on any atom is -0.315 e. The Labute approximate surface area is 107 Å². The van der Waals surface area contributed by atoms with E-state index in [1.807, 2.05) is 0 Å². The van der Waals surface area contributed by atoms with Crippen LogP contribution >= 0.6 is 0 Å². The number of benzene rings is 1. The number of piperidine rings is 1. The summed E-state index contributed by atoms with van der Waals surface area (Å²) >= 11 is 0. The zero-order valence-electron chi connectivity index (χ0n) is 10.8. The molecule has 4 heteroatoms. The summed E-state index contributed by atoms with van der Waals surface area (Å²) in [6, 6.07) is 6.42. The molecule has 1 saturated heterocycles. The fourth-order valence-corrected chi connectivity index (χ4v) is 2.42. The number of anilines is 1. The van der Waals surface area contributed by atoms with E-state index >= 15 is 0 Å². The summed E-state index contributed by atoms with van der Waals surface area (Å²) in [5, 5.41) is 3.33. The second kappa shape index (κ2) is 5.48. The van der Waals surface area contributed by atoms with E-state index in [-0.39, 0.29) is 17.6 Å². The first kappa shape index (κ1) is 13.0. The SMILES string of the molecule is CC1CC(C(=O)N(C)c2ccc(F)cc2)CCN1. The number of amides is 1. The monoisotopic (exact) mass is 250 g/mol. The third-order valence-corrected chi connectivity index (χ3v) is 3.52. The van der Waals surface area contributed by atoms with Gasteiger partial charge in [-0.05, 0) is 50.6 Å². The summed E-state index contributed by atoms with van der Waals surface area (Å²) in [5.74, 6) is -0.0960. The molecule has 1 aromatic rings. The van der Waals surface area contributed by atoms with Crippen molar-refractivity contribution in [2.45, 2.75) is 25.8 Å². The summed E-state index contributed by atoms with van der Waals surface area (Å²) in [5.41, 5.74) is 0.743. The first-order valence-electron chi connectivity index (χ1n) is 6.34. The van der Waals surface area contributed by atoms with E-state index < -0.39 is 0 Å². The van der Waals surface area contributed by atoms with Crippen LogP contribution in [0.3, 0.4) is 0 Å². The van der Waals surface area contributed by atoms with Crippen LogP contribution in [-0.2, 0) is 4.79 Å². The molecule has 2 atom stereocenters. The molecular formula is C14H19FN2O. The molecule has 1 N–H and O–H groups in total. The molecule has 1 aliphatic heterocycles. The fourth-order valence-electron chi connectivity index (χ4n) is 2.42. The predicted molar refractivity (Wildman–Crippen MR) is 70.0 cm³/mol.